The fraction of sp³-hybridized carbons (Fsp3) is 0.652. The quantitative estimate of drug-likeness (QED) is 0.400. The van der Waals surface area contributed by atoms with E-state index in [0.717, 1.165) is 83.1 Å². The largest absolute Gasteiger partial charge is 0.494 e. The van der Waals surface area contributed by atoms with Crippen LogP contribution in [0.1, 0.15) is 38.2 Å². The predicted molar refractivity (Wildman–Crippen MR) is 119 cm³/mol. The molecule has 1 atom stereocenters. The number of hydrogen-bond donors (Lipinski definition) is 1. The van der Waals surface area contributed by atoms with E-state index >= 15 is 0 Å². The third-order valence-corrected chi connectivity index (χ3v) is 5.69. The minimum absolute atomic E-state index is 0.150. The zero-order chi connectivity index (χ0) is 21.2. The Bertz CT molecular complexity index is 678. The highest BCUT2D eigenvalue weighted by molar-refractivity contribution is 5.82. The SMILES string of the molecule is CCCCOc1ccc(CCNC(=NC)N2CCN(C(=O)C3CCCO3)CC2)cc1. The van der Waals surface area contributed by atoms with Gasteiger partial charge in [-0.2, -0.15) is 0 Å². The topological polar surface area (TPSA) is 66.4 Å². The molecule has 0 bridgehead atoms. The number of nitrogens with zero attached hydrogens (tertiary/aromatic N) is 3. The van der Waals surface area contributed by atoms with Gasteiger partial charge in [0.2, 0.25) is 0 Å². The van der Waals surface area contributed by atoms with Gasteiger partial charge in [-0.25, -0.2) is 0 Å². The molecule has 0 aliphatic carbocycles. The number of ether oxygens (including phenoxy) is 2. The van der Waals surface area contributed by atoms with Crippen molar-refractivity contribution in [3.8, 4) is 5.75 Å². The molecule has 2 saturated heterocycles. The first kappa shape index (κ1) is 22.4. The number of hydrogen-bond acceptors (Lipinski definition) is 4. The second-order valence-corrected chi connectivity index (χ2v) is 7.88. The number of carbonyl (C=O) groups is 1. The molecule has 7 heteroatoms. The Morgan fingerprint density at radius 1 is 1.20 bits per heavy atom. The molecule has 166 valence electrons. The number of guanidine groups is 1. The van der Waals surface area contributed by atoms with E-state index in [0.29, 0.717) is 6.61 Å². The van der Waals surface area contributed by atoms with Gasteiger partial charge in [0, 0.05) is 46.4 Å². The first-order valence-corrected chi connectivity index (χ1v) is 11.3. The molecule has 0 spiro atoms. The van der Waals surface area contributed by atoms with Crippen LogP contribution in [0.15, 0.2) is 29.3 Å². The van der Waals surface area contributed by atoms with Crippen LogP contribution in [0.25, 0.3) is 0 Å². The van der Waals surface area contributed by atoms with Crippen molar-refractivity contribution < 1.29 is 14.3 Å². The number of aliphatic imine (C=N–C) groups is 1. The van der Waals surface area contributed by atoms with E-state index in [-0.39, 0.29) is 12.0 Å². The van der Waals surface area contributed by atoms with Crippen LogP contribution in [0.5, 0.6) is 5.75 Å². The van der Waals surface area contributed by atoms with Gasteiger partial charge in [0.15, 0.2) is 5.96 Å². The van der Waals surface area contributed by atoms with E-state index in [1.165, 1.54) is 5.56 Å². The van der Waals surface area contributed by atoms with Gasteiger partial charge in [0.25, 0.3) is 5.91 Å². The van der Waals surface area contributed by atoms with E-state index in [9.17, 15) is 4.79 Å². The van der Waals surface area contributed by atoms with Crippen molar-refractivity contribution in [3.63, 3.8) is 0 Å². The summed E-state index contributed by atoms with van der Waals surface area (Å²) in [5.41, 5.74) is 1.27. The molecule has 1 aromatic rings. The Balaban J connectivity index is 1.38. The lowest BCUT2D eigenvalue weighted by molar-refractivity contribution is -0.142. The van der Waals surface area contributed by atoms with Gasteiger partial charge in [0.05, 0.1) is 6.61 Å². The highest BCUT2D eigenvalue weighted by Gasteiger charge is 2.30. The van der Waals surface area contributed by atoms with Crippen LogP contribution in [-0.4, -0.2) is 80.8 Å². The number of amides is 1. The van der Waals surface area contributed by atoms with E-state index in [1.54, 1.807) is 0 Å². The molecule has 1 aromatic carbocycles. The lowest BCUT2D eigenvalue weighted by Crippen LogP contribution is -2.55. The highest BCUT2D eigenvalue weighted by atomic mass is 16.5. The smallest absolute Gasteiger partial charge is 0.251 e. The number of piperazine rings is 1. The Kier molecular flexibility index (Phi) is 8.81. The number of carbonyl (C=O) groups excluding carboxylic acids is 1. The van der Waals surface area contributed by atoms with Gasteiger partial charge >= 0.3 is 0 Å². The average Bonchev–Trinajstić information content (AvgIpc) is 3.33. The van der Waals surface area contributed by atoms with Gasteiger partial charge in [0.1, 0.15) is 11.9 Å². The molecule has 2 heterocycles. The van der Waals surface area contributed by atoms with Gasteiger partial charge in [-0.3, -0.25) is 9.79 Å². The molecule has 1 amide bonds. The summed E-state index contributed by atoms with van der Waals surface area (Å²) in [6, 6.07) is 8.34. The second kappa shape index (κ2) is 11.8. The van der Waals surface area contributed by atoms with Crippen LogP contribution in [0.2, 0.25) is 0 Å². The molecular formula is C23H36N4O3. The maximum Gasteiger partial charge on any atom is 0.251 e. The fourth-order valence-corrected chi connectivity index (χ4v) is 3.85. The number of nitrogens with one attached hydrogen (secondary N) is 1. The molecule has 0 saturated carbocycles. The van der Waals surface area contributed by atoms with E-state index < -0.39 is 0 Å². The summed E-state index contributed by atoms with van der Waals surface area (Å²) in [6.07, 6.45) is 4.77. The molecule has 0 aromatic heterocycles. The van der Waals surface area contributed by atoms with Crippen molar-refractivity contribution >= 4 is 11.9 Å². The fourth-order valence-electron chi connectivity index (χ4n) is 3.85. The Hall–Kier alpha value is -2.28. The number of unbranched alkanes of at least 4 members (excludes halogenated alkanes) is 1. The summed E-state index contributed by atoms with van der Waals surface area (Å²) in [6.45, 7) is 7.50. The molecule has 1 N–H and O–H groups in total. The zero-order valence-corrected chi connectivity index (χ0v) is 18.4. The van der Waals surface area contributed by atoms with Crippen LogP contribution in [0.4, 0.5) is 0 Å². The summed E-state index contributed by atoms with van der Waals surface area (Å²) in [7, 11) is 1.81. The standard InChI is InChI=1S/C23H36N4O3/c1-3-4-17-29-20-9-7-19(8-10-20)11-12-25-23(24-2)27-15-13-26(14-16-27)22(28)21-6-5-18-30-21/h7-10,21H,3-6,11-18H2,1-2H3,(H,24,25). The van der Waals surface area contributed by atoms with E-state index in [1.807, 2.05) is 24.1 Å². The van der Waals surface area contributed by atoms with Crippen LogP contribution in [0.3, 0.4) is 0 Å². The van der Waals surface area contributed by atoms with Crippen molar-refractivity contribution in [2.45, 2.75) is 45.1 Å². The molecule has 2 aliphatic rings. The van der Waals surface area contributed by atoms with Crippen LogP contribution >= 0.6 is 0 Å². The minimum Gasteiger partial charge on any atom is -0.494 e. The molecule has 2 fully saturated rings. The van der Waals surface area contributed by atoms with Gasteiger partial charge in [-0.15, -0.1) is 0 Å². The van der Waals surface area contributed by atoms with Crippen molar-refractivity contribution in [2.75, 3.05) is 53.0 Å². The first-order valence-electron chi connectivity index (χ1n) is 11.3. The lowest BCUT2D eigenvalue weighted by atomic mass is 10.1. The number of rotatable bonds is 8. The van der Waals surface area contributed by atoms with Crippen molar-refractivity contribution in [1.29, 1.82) is 0 Å². The summed E-state index contributed by atoms with van der Waals surface area (Å²) >= 11 is 0. The molecule has 1 unspecified atom stereocenters. The zero-order valence-electron chi connectivity index (χ0n) is 18.4. The van der Waals surface area contributed by atoms with Crippen LogP contribution in [-0.2, 0) is 16.0 Å². The monoisotopic (exact) mass is 416 g/mol. The third kappa shape index (κ3) is 6.36. The highest BCUT2D eigenvalue weighted by Crippen LogP contribution is 2.16. The average molecular weight is 417 g/mol. The molecule has 0 radical (unpaired) electrons. The third-order valence-electron chi connectivity index (χ3n) is 5.69. The maximum absolute atomic E-state index is 12.5. The first-order chi connectivity index (χ1) is 14.7. The molecule has 30 heavy (non-hydrogen) atoms. The maximum atomic E-state index is 12.5. The van der Waals surface area contributed by atoms with Crippen molar-refractivity contribution in [2.24, 2.45) is 4.99 Å². The minimum atomic E-state index is -0.225. The molecule has 7 nitrogen and oxygen atoms in total. The van der Waals surface area contributed by atoms with Crippen LogP contribution in [0, 0.1) is 0 Å². The van der Waals surface area contributed by atoms with Crippen molar-refractivity contribution in [1.82, 2.24) is 15.1 Å². The van der Waals surface area contributed by atoms with Crippen molar-refractivity contribution in [3.05, 3.63) is 29.8 Å². The van der Waals surface area contributed by atoms with Gasteiger partial charge < -0.3 is 24.6 Å². The molecule has 3 rings (SSSR count). The summed E-state index contributed by atoms with van der Waals surface area (Å²) in [5, 5.41) is 3.46. The lowest BCUT2D eigenvalue weighted by Gasteiger charge is -2.37. The number of benzene rings is 1. The molecular weight excluding hydrogens is 380 g/mol. The Morgan fingerprint density at radius 3 is 2.57 bits per heavy atom. The van der Waals surface area contributed by atoms with E-state index in [2.05, 4.69) is 34.3 Å². The second-order valence-electron chi connectivity index (χ2n) is 7.88. The van der Waals surface area contributed by atoms with E-state index in [4.69, 9.17) is 9.47 Å². The van der Waals surface area contributed by atoms with Gasteiger partial charge in [-0.05, 0) is 43.4 Å². The Morgan fingerprint density at radius 2 is 1.93 bits per heavy atom. The predicted octanol–water partition coefficient (Wildman–Crippen LogP) is 2.31. The summed E-state index contributed by atoms with van der Waals surface area (Å²) in [5.74, 6) is 1.99. The summed E-state index contributed by atoms with van der Waals surface area (Å²) < 4.78 is 11.3. The molecule has 2 aliphatic heterocycles. The van der Waals surface area contributed by atoms with Gasteiger partial charge in [-0.1, -0.05) is 25.5 Å². The van der Waals surface area contributed by atoms with Crippen LogP contribution < -0.4 is 10.1 Å². The Labute approximate surface area is 180 Å². The summed E-state index contributed by atoms with van der Waals surface area (Å²) in [4.78, 5) is 21.1. The normalized spacial score (nSPS) is 19.8.